The summed E-state index contributed by atoms with van der Waals surface area (Å²) in [6.45, 7) is 2.00. The highest BCUT2D eigenvalue weighted by molar-refractivity contribution is 5.11. The molecule has 0 bridgehead atoms. The molecule has 0 fully saturated rings. The van der Waals surface area contributed by atoms with Crippen molar-refractivity contribution >= 4 is 6.79 Å². The Balaban J connectivity index is 0.000000206. The number of hydrogen-bond donors (Lipinski definition) is 0. The van der Waals surface area contributed by atoms with Gasteiger partial charge in [-0.25, -0.2) is 0 Å². The molecular weight excluding hydrogens is 172 g/mol. The lowest BCUT2D eigenvalue weighted by molar-refractivity contribution is -0.0979. The van der Waals surface area contributed by atoms with Crippen LogP contribution >= 0.6 is 0 Å². The zero-order valence-corrected chi connectivity index (χ0v) is 8.04. The summed E-state index contributed by atoms with van der Waals surface area (Å²) >= 11 is 0. The summed E-state index contributed by atoms with van der Waals surface area (Å²) < 4.78 is 0. The fraction of sp³-hybridized carbons (Fsp3) is 0. The molecule has 2 aromatic rings. The van der Waals surface area contributed by atoms with Crippen molar-refractivity contribution < 1.29 is 4.79 Å². The predicted molar refractivity (Wildman–Crippen MR) is 60.0 cm³/mol. The minimum absolute atomic E-state index is 2.00. The van der Waals surface area contributed by atoms with Gasteiger partial charge in [0.25, 0.3) is 0 Å². The summed E-state index contributed by atoms with van der Waals surface area (Å²) in [5.41, 5.74) is 0. The van der Waals surface area contributed by atoms with Crippen molar-refractivity contribution in [1.29, 1.82) is 0 Å². The fourth-order valence-corrected chi connectivity index (χ4v) is 0.770. The van der Waals surface area contributed by atoms with Gasteiger partial charge in [-0.2, -0.15) is 0 Å². The highest BCUT2D eigenvalue weighted by Gasteiger charge is 1.58. The number of benzene rings is 2. The lowest BCUT2D eigenvalue weighted by Gasteiger charge is -1.69. The zero-order chi connectivity index (χ0) is 10.5. The van der Waals surface area contributed by atoms with E-state index in [4.69, 9.17) is 4.79 Å². The molecule has 0 unspecified atom stereocenters. The molecule has 1 heteroatoms. The van der Waals surface area contributed by atoms with E-state index in [2.05, 4.69) is 0 Å². The van der Waals surface area contributed by atoms with Gasteiger partial charge in [0.2, 0.25) is 0 Å². The smallest absolute Gasteiger partial charge is 0.106 e. The first-order valence-electron chi connectivity index (χ1n) is 4.29. The van der Waals surface area contributed by atoms with Crippen molar-refractivity contribution in [3.8, 4) is 0 Å². The molecule has 0 aliphatic rings. The first kappa shape index (κ1) is 12.1. The van der Waals surface area contributed by atoms with Crippen molar-refractivity contribution in [3.63, 3.8) is 0 Å². The second kappa shape index (κ2) is 11.1. The number of hydrogen-bond acceptors (Lipinski definition) is 1. The minimum Gasteiger partial charge on any atom is -0.307 e. The standard InChI is InChI=1S/2C6H6.CH2O/c2*1-2-4-6-5-3-1;1-2/h2*1-6H;1H2. The number of rotatable bonds is 0. The molecule has 0 aromatic heterocycles. The lowest BCUT2D eigenvalue weighted by Crippen LogP contribution is -1.47. The van der Waals surface area contributed by atoms with E-state index in [0.29, 0.717) is 0 Å². The van der Waals surface area contributed by atoms with Crippen LogP contribution in [0.25, 0.3) is 0 Å². The summed E-state index contributed by atoms with van der Waals surface area (Å²) in [5.74, 6) is 0. The number of carbonyl (C=O) groups excluding carboxylic acids is 1. The van der Waals surface area contributed by atoms with Gasteiger partial charge in [-0.15, -0.1) is 0 Å². The summed E-state index contributed by atoms with van der Waals surface area (Å²) in [7, 11) is 0. The van der Waals surface area contributed by atoms with Gasteiger partial charge < -0.3 is 4.79 Å². The molecule has 0 saturated carbocycles. The highest BCUT2D eigenvalue weighted by Crippen LogP contribution is 1.80. The highest BCUT2D eigenvalue weighted by atomic mass is 16.1. The Morgan fingerprint density at radius 2 is 0.429 bits per heavy atom. The van der Waals surface area contributed by atoms with Gasteiger partial charge in [-0.3, -0.25) is 0 Å². The topological polar surface area (TPSA) is 17.1 Å². The predicted octanol–water partition coefficient (Wildman–Crippen LogP) is 3.19. The van der Waals surface area contributed by atoms with E-state index in [-0.39, 0.29) is 0 Å². The number of carbonyl (C=O) groups is 1. The monoisotopic (exact) mass is 186 g/mol. The van der Waals surface area contributed by atoms with Crippen molar-refractivity contribution in [3.05, 3.63) is 72.8 Å². The van der Waals surface area contributed by atoms with Gasteiger partial charge >= 0.3 is 0 Å². The molecule has 1 nitrogen and oxygen atoms in total. The third-order valence-electron chi connectivity index (χ3n) is 1.33. The molecule has 72 valence electrons. The summed E-state index contributed by atoms with van der Waals surface area (Å²) in [6, 6.07) is 24.0. The molecule has 0 N–H and O–H groups in total. The average molecular weight is 186 g/mol. The molecule has 0 aliphatic heterocycles. The Bertz CT molecular complexity index is 194. The molecule has 14 heavy (non-hydrogen) atoms. The van der Waals surface area contributed by atoms with E-state index in [0.717, 1.165) is 0 Å². The fourth-order valence-electron chi connectivity index (χ4n) is 0.770. The van der Waals surface area contributed by atoms with E-state index in [9.17, 15) is 0 Å². The molecule has 0 aliphatic carbocycles. The molecule has 0 spiro atoms. The van der Waals surface area contributed by atoms with E-state index in [1.807, 2.05) is 79.6 Å². The molecule has 0 radical (unpaired) electrons. The minimum atomic E-state index is 2.00. The Morgan fingerprint density at radius 3 is 0.500 bits per heavy atom. The molecular formula is C13H14O. The SMILES string of the molecule is C=O.c1ccccc1.c1ccccc1. The van der Waals surface area contributed by atoms with Crippen LogP contribution in [-0.4, -0.2) is 6.79 Å². The summed E-state index contributed by atoms with van der Waals surface area (Å²) in [4.78, 5) is 8.00. The van der Waals surface area contributed by atoms with Gasteiger partial charge in [0, 0.05) is 0 Å². The van der Waals surface area contributed by atoms with Gasteiger partial charge in [0.15, 0.2) is 0 Å². The van der Waals surface area contributed by atoms with Crippen molar-refractivity contribution in [2.24, 2.45) is 0 Å². The molecule has 2 aromatic carbocycles. The van der Waals surface area contributed by atoms with Crippen molar-refractivity contribution in [2.75, 3.05) is 0 Å². The Kier molecular flexibility index (Phi) is 9.61. The Labute approximate surface area is 85.0 Å². The first-order valence-corrected chi connectivity index (χ1v) is 4.29. The Hall–Kier alpha value is -1.89. The largest absolute Gasteiger partial charge is 0.307 e. The quantitative estimate of drug-likeness (QED) is 0.617. The van der Waals surface area contributed by atoms with Crippen molar-refractivity contribution in [2.45, 2.75) is 0 Å². The van der Waals surface area contributed by atoms with E-state index in [1.165, 1.54) is 0 Å². The first-order chi connectivity index (χ1) is 7.00. The third kappa shape index (κ3) is 8.21. The summed E-state index contributed by atoms with van der Waals surface area (Å²) in [6.07, 6.45) is 0. The van der Waals surface area contributed by atoms with Crippen LogP contribution in [0.15, 0.2) is 72.8 Å². The maximum atomic E-state index is 8.00. The van der Waals surface area contributed by atoms with Crippen LogP contribution in [0.1, 0.15) is 0 Å². The van der Waals surface area contributed by atoms with E-state index in [1.54, 1.807) is 0 Å². The maximum Gasteiger partial charge on any atom is 0.106 e. The van der Waals surface area contributed by atoms with Gasteiger partial charge in [0.1, 0.15) is 6.79 Å². The van der Waals surface area contributed by atoms with Gasteiger partial charge in [-0.1, -0.05) is 72.8 Å². The van der Waals surface area contributed by atoms with E-state index < -0.39 is 0 Å². The zero-order valence-electron chi connectivity index (χ0n) is 8.04. The second-order valence-electron chi connectivity index (χ2n) is 2.31. The van der Waals surface area contributed by atoms with Crippen LogP contribution in [0.5, 0.6) is 0 Å². The molecule has 2 rings (SSSR count). The molecule has 0 atom stereocenters. The Morgan fingerprint density at radius 1 is 0.357 bits per heavy atom. The van der Waals surface area contributed by atoms with Crippen LogP contribution in [0.3, 0.4) is 0 Å². The normalized spacial score (nSPS) is 7.14. The van der Waals surface area contributed by atoms with E-state index >= 15 is 0 Å². The van der Waals surface area contributed by atoms with Crippen LogP contribution < -0.4 is 0 Å². The maximum absolute atomic E-state index is 8.00. The lowest BCUT2D eigenvalue weighted by atomic mass is 10.4. The van der Waals surface area contributed by atoms with Crippen LogP contribution in [-0.2, 0) is 4.79 Å². The van der Waals surface area contributed by atoms with Gasteiger partial charge in [-0.05, 0) is 0 Å². The summed E-state index contributed by atoms with van der Waals surface area (Å²) in [5, 5.41) is 0. The molecule has 0 amide bonds. The van der Waals surface area contributed by atoms with Crippen LogP contribution in [0.4, 0.5) is 0 Å². The average Bonchev–Trinajstić information content (AvgIpc) is 2.37. The van der Waals surface area contributed by atoms with Crippen LogP contribution in [0, 0.1) is 0 Å². The van der Waals surface area contributed by atoms with Crippen molar-refractivity contribution in [1.82, 2.24) is 0 Å². The second-order valence-corrected chi connectivity index (χ2v) is 2.31. The van der Waals surface area contributed by atoms with Crippen LogP contribution in [0.2, 0.25) is 0 Å². The molecule has 0 heterocycles. The van der Waals surface area contributed by atoms with Gasteiger partial charge in [0.05, 0.1) is 0 Å². The molecule has 0 saturated heterocycles. The third-order valence-corrected chi connectivity index (χ3v) is 1.33.